The van der Waals surface area contributed by atoms with Crippen LogP contribution in [0.15, 0.2) is 47.4 Å². The highest BCUT2D eigenvalue weighted by molar-refractivity contribution is 8.00. The topological polar surface area (TPSA) is 84.2 Å². The van der Waals surface area contributed by atoms with Crippen LogP contribution in [0.3, 0.4) is 0 Å². The maximum absolute atomic E-state index is 12.4. The predicted molar refractivity (Wildman–Crippen MR) is 113 cm³/mol. The number of thioether (sulfide) groups is 1. The van der Waals surface area contributed by atoms with Crippen LogP contribution in [0, 0.1) is 0 Å². The zero-order valence-corrected chi connectivity index (χ0v) is 17.0. The minimum absolute atomic E-state index is 0. The minimum Gasteiger partial charge on any atom is -0.350 e. The van der Waals surface area contributed by atoms with E-state index in [2.05, 4.69) is 36.6 Å². The van der Waals surface area contributed by atoms with Crippen LogP contribution in [0.1, 0.15) is 47.3 Å². The van der Waals surface area contributed by atoms with Crippen LogP contribution in [-0.2, 0) is 4.79 Å². The largest absolute Gasteiger partial charge is 0.350 e. The molecule has 2 amide bonds. The van der Waals surface area contributed by atoms with Gasteiger partial charge in [0.1, 0.15) is 0 Å². The SMILES string of the molecule is CC(C)c1ccc(C(N)CNC(=O)c2ccc3c(c2)NC(=O)CS3)cc1.Cl. The van der Waals surface area contributed by atoms with Gasteiger partial charge in [-0.1, -0.05) is 38.1 Å². The molecule has 144 valence electrons. The second kappa shape index (κ2) is 9.26. The van der Waals surface area contributed by atoms with E-state index in [0.717, 1.165) is 10.5 Å². The van der Waals surface area contributed by atoms with E-state index in [1.165, 1.54) is 17.3 Å². The van der Waals surface area contributed by atoms with Gasteiger partial charge in [0.2, 0.25) is 5.91 Å². The Hall–Kier alpha value is -2.02. The molecule has 2 aromatic carbocycles. The second-order valence-corrected chi connectivity index (χ2v) is 7.70. The summed E-state index contributed by atoms with van der Waals surface area (Å²) in [6, 6.07) is 13.2. The Balaban J connectivity index is 0.00000261. The van der Waals surface area contributed by atoms with Crippen LogP contribution in [0.2, 0.25) is 0 Å². The molecule has 7 heteroatoms. The predicted octanol–water partition coefficient (Wildman–Crippen LogP) is 3.71. The third kappa shape index (κ3) is 5.25. The molecule has 1 atom stereocenters. The summed E-state index contributed by atoms with van der Waals surface area (Å²) in [5.41, 5.74) is 9.65. The van der Waals surface area contributed by atoms with E-state index < -0.39 is 0 Å². The number of fused-ring (bicyclic) bond motifs is 1. The first-order valence-corrected chi connectivity index (χ1v) is 9.63. The molecule has 0 saturated heterocycles. The zero-order chi connectivity index (χ0) is 18.7. The maximum Gasteiger partial charge on any atom is 0.251 e. The van der Waals surface area contributed by atoms with E-state index in [4.69, 9.17) is 5.73 Å². The number of carbonyl (C=O) groups is 2. The fourth-order valence-corrected chi connectivity index (χ4v) is 3.56. The average Bonchev–Trinajstić information content (AvgIpc) is 2.65. The van der Waals surface area contributed by atoms with Crippen LogP contribution < -0.4 is 16.4 Å². The number of anilines is 1. The van der Waals surface area contributed by atoms with Crippen molar-refractivity contribution >= 4 is 41.7 Å². The Morgan fingerprint density at radius 2 is 1.85 bits per heavy atom. The third-order valence-corrected chi connectivity index (χ3v) is 5.46. The molecule has 3 rings (SSSR count). The molecule has 27 heavy (non-hydrogen) atoms. The van der Waals surface area contributed by atoms with E-state index in [1.807, 2.05) is 18.2 Å². The number of nitrogens with two attached hydrogens (primary N) is 1. The van der Waals surface area contributed by atoms with Crippen molar-refractivity contribution in [3.05, 3.63) is 59.2 Å². The molecule has 0 radical (unpaired) electrons. The summed E-state index contributed by atoms with van der Waals surface area (Å²) >= 11 is 1.47. The van der Waals surface area contributed by atoms with Crippen LogP contribution in [0.5, 0.6) is 0 Å². The molecule has 0 aromatic heterocycles. The molecule has 0 bridgehead atoms. The van der Waals surface area contributed by atoms with Crippen molar-refractivity contribution in [1.82, 2.24) is 5.32 Å². The molecule has 0 spiro atoms. The van der Waals surface area contributed by atoms with Gasteiger partial charge in [0.25, 0.3) is 5.91 Å². The number of carbonyl (C=O) groups excluding carboxylic acids is 2. The van der Waals surface area contributed by atoms with E-state index in [-0.39, 0.29) is 30.3 Å². The first-order chi connectivity index (χ1) is 12.4. The van der Waals surface area contributed by atoms with E-state index >= 15 is 0 Å². The van der Waals surface area contributed by atoms with Crippen LogP contribution in [-0.4, -0.2) is 24.1 Å². The Morgan fingerprint density at radius 1 is 1.19 bits per heavy atom. The summed E-state index contributed by atoms with van der Waals surface area (Å²) in [5.74, 6) is 0.629. The van der Waals surface area contributed by atoms with Crippen molar-refractivity contribution in [2.24, 2.45) is 5.73 Å². The monoisotopic (exact) mass is 405 g/mol. The fourth-order valence-electron chi connectivity index (χ4n) is 2.78. The van der Waals surface area contributed by atoms with Crippen molar-refractivity contribution in [3.63, 3.8) is 0 Å². The van der Waals surface area contributed by atoms with Crippen molar-refractivity contribution in [1.29, 1.82) is 0 Å². The van der Waals surface area contributed by atoms with Crippen molar-refractivity contribution in [2.45, 2.75) is 30.7 Å². The highest BCUT2D eigenvalue weighted by Crippen LogP contribution is 2.31. The van der Waals surface area contributed by atoms with Crippen LogP contribution >= 0.6 is 24.2 Å². The van der Waals surface area contributed by atoms with E-state index in [0.29, 0.717) is 29.5 Å². The van der Waals surface area contributed by atoms with Gasteiger partial charge in [-0.15, -0.1) is 24.2 Å². The first-order valence-electron chi connectivity index (χ1n) is 8.64. The van der Waals surface area contributed by atoms with Gasteiger partial charge in [0.05, 0.1) is 11.4 Å². The number of benzene rings is 2. The molecule has 4 N–H and O–H groups in total. The lowest BCUT2D eigenvalue weighted by atomic mass is 9.99. The highest BCUT2D eigenvalue weighted by Gasteiger charge is 2.17. The minimum atomic E-state index is -0.270. The van der Waals surface area contributed by atoms with Gasteiger partial charge in [-0.25, -0.2) is 0 Å². The standard InChI is InChI=1S/C20H23N3O2S.ClH/c1-12(2)13-3-5-14(6-4-13)16(21)10-22-20(25)15-7-8-18-17(9-15)23-19(24)11-26-18;/h3-9,12,16H,10-11,21H2,1-2H3,(H,22,25)(H,23,24);1H. The van der Waals surface area contributed by atoms with Gasteiger partial charge < -0.3 is 16.4 Å². The van der Waals surface area contributed by atoms with Crippen LogP contribution in [0.25, 0.3) is 0 Å². The summed E-state index contributed by atoms with van der Waals surface area (Å²) in [4.78, 5) is 24.9. The molecule has 0 fully saturated rings. The molecule has 2 aromatic rings. The van der Waals surface area contributed by atoms with Gasteiger partial charge >= 0.3 is 0 Å². The Bertz CT molecular complexity index is 824. The Kier molecular flexibility index (Phi) is 7.30. The van der Waals surface area contributed by atoms with Gasteiger partial charge in [-0.2, -0.15) is 0 Å². The number of rotatable bonds is 5. The van der Waals surface area contributed by atoms with E-state index in [9.17, 15) is 9.59 Å². The summed E-state index contributed by atoms with van der Waals surface area (Å²) in [5, 5.41) is 5.66. The third-order valence-electron chi connectivity index (χ3n) is 4.39. The fraction of sp³-hybridized carbons (Fsp3) is 0.300. The van der Waals surface area contributed by atoms with Crippen molar-refractivity contribution < 1.29 is 9.59 Å². The van der Waals surface area contributed by atoms with Crippen molar-refractivity contribution in [3.8, 4) is 0 Å². The van der Waals surface area contributed by atoms with Crippen LogP contribution in [0.4, 0.5) is 5.69 Å². The summed E-state index contributed by atoms with van der Waals surface area (Å²) in [6.07, 6.45) is 0. The number of hydrogen-bond acceptors (Lipinski definition) is 4. The molecule has 1 unspecified atom stereocenters. The number of amides is 2. The molecular formula is C20H24ClN3O2S. The maximum atomic E-state index is 12.4. The summed E-state index contributed by atoms with van der Waals surface area (Å²) < 4.78 is 0. The zero-order valence-electron chi connectivity index (χ0n) is 15.3. The van der Waals surface area contributed by atoms with Gasteiger partial charge in [0.15, 0.2) is 0 Å². The molecule has 0 aliphatic carbocycles. The molecule has 1 aliphatic rings. The number of halogens is 1. The van der Waals surface area contributed by atoms with E-state index in [1.54, 1.807) is 12.1 Å². The molecule has 1 aliphatic heterocycles. The van der Waals surface area contributed by atoms with Crippen molar-refractivity contribution in [2.75, 3.05) is 17.6 Å². The molecular weight excluding hydrogens is 382 g/mol. The lowest BCUT2D eigenvalue weighted by Crippen LogP contribution is -2.32. The highest BCUT2D eigenvalue weighted by atomic mass is 35.5. The molecule has 5 nitrogen and oxygen atoms in total. The molecule has 0 saturated carbocycles. The smallest absolute Gasteiger partial charge is 0.251 e. The van der Waals surface area contributed by atoms with Gasteiger partial charge in [0, 0.05) is 23.0 Å². The lowest BCUT2D eigenvalue weighted by Gasteiger charge is -2.18. The summed E-state index contributed by atoms with van der Waals surface area (Å²) in [6.45, 7) is 4.64. The average molecular weight is 406 g/mol. The van der Waals surface area contributed by atoms with Gasteiger partial charge in [-0.05, 0) is 35.2 Å². The normalized spacial score (nSPS) is 14.0. The quantitative estimate of drug-likeness (QED) is 0.708. The second-order valence-electron chi connectivity index (χ2n) is 6.69. The van der Waals surface area contributed by atoms with Gasteiger partial charge in [-0.3, -0.25) is 9.59 Å². The Labute approximate surface area is 169 Å². The first kappa shape index (κ1) is 21.3. The Morgan fingerprint density at radius 3 is 2.52 bits per heavy atom. The number of hydrogen-bond donors (Lipinski definition) is 3. The molecule has 1 heterocycles. The lowest BCUT2D eigenvalue weighted by molar-refractivity contribution is -0.113. The summed E-state index contributed by atoms with van der Waals surface area (Å²) in [7, 11) is 0. The number of nitrogens with one attached hydrogen (secondary N) is 2.